The molecule has 2 aliphatic rings. The summed E-state index contributed by atoms with van der Waals surface area (Å²) in [6.45, 7) is 1.48. The van der Waals surface area contributed by atoms with E-state index in [4.69, 9.17) is 9.47 Å². The van der Waals surface area contributed by atoms with Gasteiger partial charge in [-0.3, -0.25) is 0 Å². The molecule has 0 aromatic heterocycles. The predicted molar refractivity (Wildman–Crippen MR) is 78.8 cm³/mol. The first-order chi connectivity index (χ1) is 8.75. The number of halogens is 2. The Morgan fingerprint density at radius 1 is 1.06 bits per heavy atom. The maximum Gasteiger partial charge on any atom is 0.162 e. The third-order valence-electron chi connectivity index (χ3n) is 3.73. The molecule has 0 bridgehead atoms. The molecule has 0 saturated heterocycles. The highest BCUT2D eigenvalue weighted by molar-refractivity contribution is 9.11. The lowest BCUT2D eigenvalue weighted by molar-refractivity contribution is 0.296. The maximum absolute atomic E-state index is 5.76. The van der Waals surface area contributed by atoms with Crippen LogP contribution in [0.5, 0.6) is 11.5 Å². The van der Waals surface area contributed by atoms with Crippen molar-refractivity contribution in [2.75, 3.05) is 13.2 Å². The molecular formula is C14H16Br2O2. The summed E-state index contributed by atoms with van der Waals surface area (Å²) in [5.74, 6) is 2.50. The minimum Gasteiger partial charge on any atom is -0.490 e. The van der Waals surface area contributed by atoms with Crippen LogP contribution in [0.1, 0.15) is 36.1 Å². The number of hydrogen-bond acceptors (Lipinski definition) is 2. The van der Waals surface area contributed by atoms with Crippen LogP contribution in [-0.2, 0) is 0 Å². The first-order valence-corrected chi connectivity index (χ1v) is 8.19. The van der Waals surface area contributed by atoms with Gasteiger partial charge in [-0.15, -0.1) is 0 Å². The van der Waals surface area contributed by atoms with Crippen LogP contribution < -0.4 is 9.47 Å². The monoisotopic (exact) mass is 374 g/mol. The van der Waals surface area contributed by atoms with Crippen LogP contribution in [0.2, 0.25) is 0 Å². The van der Waals surface area contributed by atoms with Crippen LogP contribution in [-0.4, -0.2) is 13.2 Å². The molecule has 2 nitrogen and oxygen atoms in total. The normalized spacial score (nSPS) is 21.0. The fourth-order valence-corrected chi connectivity index (χ4v) is 4.18. The molecule has 0 spiro atoms. The van der Waals surface area contributed by atoms with E-state index in [1.165, 1.54) is 24.8 Å². The number of alkyl halides is 1. The van der Waals surface area contributed by atoms with Gasteiger partial charge >= 0.3 is 0 Å². The van der Waals surface area contributed by atoms with Crippen molar-refractivity contribution in [2.45, 2.75) is 30.5 Å². The fraction of sp³-hybridized carbons (Fsp3) is 0.571. The Morgan fingerprint density at radius 2 is 1.72 bits per heavy atom. The van der Waals surface area contributed by atoms with Gasteiger partial charge in [0.15, 0.2) is 11.5 Å². The molecule has 1 aromatic rings. The summed E-state index contributed by atoms with van der Waals surface area (Å²) in [6, 6.07) is 4.17. The van der Waals surface area contributed by atoms with Crippen molar-refractivity contribution in [2.24, 2.45) is 5.92 Å². The molecule has 1 aromatic carbocycles. The number of benzene rings is 1. The summed E-state index contributed by atoms with van der Waals surface area (Å²) in [4.78, 5) is 0.415. The van der Waals surface area contributed by atoms with Crippen LogP contribution >= 0.6 is 31.9 Å². The zero-order chi connectivity index (χ0) is 12.5. The number of ether oxygens (including phenoxy) is 2. The Labute approximate surface area is 124 Å². The van der Waals surface area contributed by atoms with Crippen LogP contribution in [0.4, 0.5) is 0 Å². The zero-order valence-electron chi connectivity index (χ0n) is 10.1. The lowest BCUT2D eigenvalue weighted by Crippen LogP contribution is -2.16. The molecule has 1 heterocycles. The molecular weight excluding hydrogens is 360 g/mol. The van der Waals surface area contributed by atoms with E-state index in [0.717, 1.165) is 41.5 Å². The van der Waals surface area contributed by atoms with Crippen LogP contribution in [0.3, 0.4) is 0 Å². The van der Waals surface area contributed by atoms with E-state index in [2.05, 4.69) is 37.9 Å². The largest absolute Gasteiger partial charge is 0.490 e. The minimum atomic E-state index is 0.415. The van der Waals surface area contributed by atoms with Gasteiger partial charge in [0.2, 0.25) is 0 Å². The third kappa shape index (κ3) is 2.42. The van der Waals surface area contributed by atoms with Crippen molar-refractivity contribution in [3.63, 3.8) is 0 Å². The molecule has 3 rings (SSSR count). The van der Waals surface area contributed by atoms with E-state index in [-0.39, 0.29) is 0 Å². The van der Waals surface area contributed by atoms with Crippen LogP contribution in [0.25, 0.3) is 0 Å². The Bertz CT molecular complexity index is 444. The smallest absolute Gasteiger partial charge is 0.162 e. The fourth-order valence-electron chi connectivity index (χ4n) is 2.40. The second-order valence-electron chi connectivity index (χ2n) is 4.96. The molecule has 0 radical (unpaired) electrons. The van der Waals surface area contributed by atoms with E-state index >= 15 is 0 Å². The average molecular weight is 376 g/mol. The maximum atomic E-state index is 5.76. The first kappa shape index (κ1) is 12.8. The lowest BCUT2D eigenvalue weighted by atomic mass is 9.81. The number of rotatable bonds is 2. The molecule has 1 fully saturated rings. The van der Waals surface area contributed by atoms with Gasteiger partial charge in [0.1, 0.15) is 0 Å². The van der Waals surface area contributed by atoms with Gasteiger partial charge in [0.05, 0.1) is 13.2 Å². The van der Waals surface area contributed by atoms with Crippen molar-refractivity contribution in [3.8, 4) is 11.5 Å². The lowest BCUT2D eigenvalue weighted by Gasteiger charge is -2.31. The molecule has 1 atom stereocenters. The van der Waals surface area contributed by atoms with Gasteiger partial charge < -0.3 is 9.47 Å². The molecule has 0 amide bonds. The third-order valence-corrected chi connectivity index (χ3v) is 5.66. The first-order valence-electron chi connectivity index (χ1n) is 6.49. The summed E-state index contributed by atoms with van der Waals surface area (Å²) in [5.41, 5.74) is 1.28. The Balaban J connectivity index is 1.92. The van der Waals surface area contributed by atoms with Gasteiger partial charge in [-0.05, 0) is 36.5 Å². The predicted octanol–water partition coefficient (Wildman–Crippen LogP) is 4.85. The average Bonchev–Trinajstić information content (AvgIpc) is 2.50. The zero-order valence-corrected chi connectivity index (χ0v) is 13.3. The van der Waals surface area contributed by atoms with Gasteiger partial charge in [-0.25, -0.2) is 0 Å². The van der Waals surface area contributed by atoms with Gasteiger partial charge in [0, 0.05) is 15.7 Å². The number of fused-ring (bicyclic) bond motifs is 1. The van der Waals surface area contributed by atoms with Crippen molar-refractivity contribution >= 4 is 31.9 Å². The van der Waals surface area contributed by atoms with E-state index < -0.39 is 0 Å². The van der Waals surface area contributed by atoms with Crippen molar-refractivity contribution in [3.05, 3.63) is 22.2 Å². The molecule has 1 saturated carbocycles. The van der Waals surface area contributed by atoms with E-state index in [0.29, 0.717) is 4.83 Å². The highest BCUT2D eigenvalue weighted by Crippen LogP contribution is 2.47. The molecule has 1 unspecified atom stereocenters. The van der Waals surface area contributed by atoms with Crippen molar-refractivity contribution < 1.29 is 9.47 Å². The second kappa shape index (κ2) is 5.41. The van der Waals surface area contributed by atoms with Gasteiger partial charge in [0.25, 0.3) is 0 Å². The highest BCUT2D eigenvalue weighted by atomic mass is 79.9. The summed E-state index contributed by atoms with van der Waals surface area (Å²) in [7, 11) is 0. The SMILES string of the molecule is Brc1cc2c(cc1C(Br)C1CCC1)OCCCO2. The standard InChI is InChI=1S/C14H16Br2O2/c15-11-8-13-12(17-5-2-6-18-13)7-10(11)14(16)9-3-1-4-9/h7-9,14H,1-6H2. The van der Waals surface area contributed by atoms with E-state index in [9.17, 15) is 0 Å². The van der Waals surface area contributed by atoms with Gasteiger partial charge in [-0.2, -0.15) is 0 Å². The Hall–Kier alpha value is -0.220. The summed E-state index contributed by atoms with van der Waals surface area (Å²) in [5, 5.41) is 0. The van der Waals surface area contributed by atoms with Crippen molar-refractivity contribution in [1.82, 2.24) is 0 Å². The summed E-state index contributed by atoms with van der Waals surface area (Å²) < 4.78 is 12.6. The topological polar surface area (TPSA) is 18.5 Å². The van der Waals surface area contributed by atoms with E-state index in [1.807, 2.05) is 6.07 Å². The van der Waals surface area contributed by atoms with E-state index in [1.54, 1.807) is 0 Å². The highest BCUT2D eigenvalue weighted by Gasteiger charge is 2.29. The summed E-state index contributed by atoms with van der Waals surface area (Å²) in [6.07, 6.45) is 4.94. The quantitative estimate of drug-likeness (QED) is 0.688. The van der Waals surface area contributed by atoms with Crippen LogP contribution in [0.15, 0.2) is 16.6 Å². The second-order valence-corrected chi connectivity index (χ2v) is 6.80. The van der Waals surface area contributed by atoms with Crippen molar-refractivity contribution in [1.29, 1.82) is 0 Å². The summed E-state index contributed by atoms with van der Waals surface area (Å²) >= 11 is 7.49. The molecule has 1 aliphatic heterocycles. The molecule has 98 valence electrons. The molecule has 1 aliphatic carbocycles. The minimum absolute atomic E-state index is 0.415. The molecule has 4 heteroatoms. The van der Waals surface area contributed by atoms with Crippen LogP contribution in [0, 0.1) is 5.92 Å². The molecule has 18 heavy (non-hydrogen) atoms. The Morgan fingerprint density at radius 3 is 2.33 bits per heavy atom. The molecule has 0 N–H and O–H groups in total. The number of hydrogen-bond donors (Lipinski definition) is 0. The Kier molecular flexibility index (Phi) is 3.85. The van der Waals surface area contributed by atoms with Gasteiger partial charge in [-0.1, -0.05) is 38.3 Å².